The Morgan fingerprint density at radius 2 is 1.95 bits per heavy atom. The third kappa shape index (κ3) is 3.69. The van der Waals surface area contributed by atoms with Crippen LogP contribution >= 0.6 is 0 Å². The lowest BCUT2D eigenvalue weighted by molar-refractivity contribution is -0.145. The van der Waals surface area contributed by atoms with E-state index in [4.69, 9.17) is 10.2 Å². The number of carbonyl (C=O) groups excluding carboxylic acids is 1. The van der Waals surface area contributed by atoms with E-state index < -0.39 is 47.6 Å². The fourth-order valence-electron chi connectivity index (χ4n) is 1.20. The van der Waals surface area contributed by atoms with Gasteiger partial charge in [0.15, 0.2) is 5.82 Å². The number of carboxylic acid groups (broad SMARTS) is 2. The molecule has 0 radical (unpaired) electrons. The molecule has 7 nitrogen and oxygen atoms in total. The molecule has 0 saturated heterocycles. The molecule has 1 rings (SSSR count). The van der Waals surface area contributed by atoms with Gasteiger partial charge < -0.3 is 15.5 Å². The van der Waals surface area contributed by atoms with Crippen LogP contribution in [0.3, 0.4) is 0 Å². The SMILES string of the molecule is O=C(O)C[C@H](NC(=O)c1ccnc(F)c1F)C(=O)O. The Bertz CT molecular complexity index is 535. The van der Waals surface area contributed by atoms with Gasteiger partial charge in [-0.05, 0) is 6.07 Å². The lowest BCUT2D eigenvalue weighted by Gasteiger charge is -2.12. The highest BCUT2D eigenvalue weighted by atomic mass is 19.2. The molecule has 0 aliphatic carbocycles. The minimum Gasteiger partial charge on any atom is -0.481 e. The summed E-state index contributed by atoms with van der Waals surface area (Å²) in [5, 5.41) is 18.9. The first-order valence-corrected chi connectivity index (χ1v) is 4.88. The number of carboxylic acids is 2. The predicted octanol–water partition coefficient (Wildman–Crippen LogP) is 0.0175. The molecule has 1 heterocycles. The highest BCUT2D eigenvalue weighted by Gasteiger charge is 2.25. The Morgan fingerprint density at radius 3 is 2.47 bits per heavy atom. The third-order valence-corrected chi connectivity index (χ3v) is 2.07. The Balaban J connectivity index is 2.91. The zero-order chi connectivity index (χ0) is 14.6. The average Bonchev–Trinajstić information content (AvgIpc) is 2.31. The van der Waals surface area contributed by atoms with Crippen LogP contribution in [0.15, 0.2) is 12.3 Å². The number of aromatic nitrogens is 1. The molecule has 19 heavy (non-hydrogen) atoms. The van der Waals surface area contributed by atoms with Gasteiger partial charge in [-0.1, -0.05) is 0 Å². The zero-order valence-corrected chi connectivity index (χ0v) is 9.26. The van der Waals surface area contributed by atoms with Crippen molar-refractivity contribution in [3.8, 4) is 0 Å². The molecule has 0 aliphatic heterocycles. The molecule has 1 aromatic rings. The fraction of sp³-hybridized carbons (Fsp3) is 0.200. The second-order valence-electron chi connectivity index (χ2n) is 3.43. The number of amides is 1. The van der Waals surface area contributed by atoms with E-state index >= 15 is 0 Å². The monoisotopic (exact) mass is 274 g/mol. The topological polar surface area (TPSA) is 117 Å². The van der Waals surface area contributed by atoms with Gasteiger partial charge in [0.1, 0.15) is 6.04 Å². The maximum Gasteiger partial charge on any atom is 0.326 e. The molecule has 102 valence electrons. The molecule has 0 aliphatic rings. The van der Waals surface area contributed by atoms with Crippen molar-refractivity contribution in [1.29, 1.82) is 0 Å². The Morgan fingerprint density at radius 1 is 1.32 bits per heavy atom. The summed E-state index contributed by atoms with van der Waals surface area (Å²) in [6.45, 7) is 0. The zero-order valence-electron chi connectivity index (χ0n) is 9.26. The number of aliphatic carboxylic acids is 2. The minimum absolute atomic E-state index is 0.760. The molecule has 0 aromatic carbocycles. The molecule has 0 spiro atoms. The Hall–Kier alpha value is -2.58. The van der Waals surface area contributed by atoms with Gasteiger partial charge in [-0.15, -0.1) is 0 Å². The smallest absolute Gasteiger partial charge is 0.326 e. The van der Waals surface area contributed by atoms with Gasteiger partial charge in [-0.25, -0.2) is 14.2 Å². The van der Waals surface area contributed by atoms with E-state index in [0.717, 1.165) is 12.3 Å². The first-order chi connectivity index (χ1) is 8.82. The van der Waals surface area contributed by atoms with E-state index in [9.17, 15) is 23.2 Å². The summed E-state index contributed by atoms with van der Waals surface area (Å²) in [5.74, 6) is -7.37. The Labute approximate surface area is 104 Å². The van der Waals surface area contributed by atoms with Crippen molar-refractivity contribution < 1.29 is 33.4 Å². The fourth-order valence-corrected chi connectivity index (χ4v) is 1.20. The van der Waals surface area contributed by atoms with E-state index in [1.807, 2.05) is 0 Å². The van der Waals surface area contributed by atoms with Crippen LogP contribution < -0.4 is 5.32 Å². The first kappa shape index (κ1) is 14.5. The number of rotatable bonds is 5. The van der Waals surface area contributed by atoms with Gasteiger partial charge >= 0.3 is 11.9 Å². The van der Waals surface area contributed by atoms with E-state index in [2.05, 4.69) is 4.98 Å². The quantitative estimate of drug-likeness (QED) is 0.651. The Kier molecular flexibility index (Phi) is 4.46. The average molecular weight is 274 g/mol. The van der Waals surface area contributed by atoms with Crippen molar-refractivity contribution in [2.24, 2.45) is 0 Å². The van der Waals surface area contributed by atoms with Gasteiger partial charge in [0, 0.05) is 6.20 Å². The van der Waals surface area contributed by atoms with Crippen molar-refractivity contribution in [3.63, 3.8) is 0 Å². The van der Waals surface area contributed by atoms with Crippen LogP contribution in [0, 0.1) is 11.8 Å². The van der Waals surface area contributed by atoms with Crippen molar-refractivity contribution in [3.05, 3.63) is 29.6 Å². The number of halogens is 2. The third-order valence-electron chi connectivity index (χ3n) is 2.07. The molecule has 3 N–H and O–H groups in total. The van der Waals surface area contributed by atoms with Crippen LogP contribution in [0.25, 0.3) is 0 Å². The maximum atomic E-state index is 13.2. The number of nitrogens with one attached hydrogen (secondary N) is 1. The van der Waals surface area contributed by atoms with Crippen LogP contribution in [-0.2, 0) is 9.59 Å². The second-order valence-corrected chi connectivity index (χ2v) is 3.43. The van der Waals surface area contributed by atoms with E-state index in [1.165, 1.54) is 0 Å². The lowest BCUT2D eigenvalue weighted by atomic mass is 10.1. The van der Waals surface area contributed by atoms with Crippen LogP contribution in [0.1, 0.15) is 16.8 Å². The standard InChI is InChI=1S/C10H8F2N2O5/c11-7-4(1-2-13-8(7)12)9(17)14-5(10(18)19)3-6(15)16/h1-2,5H,3H2,(H,14,17)(H,15,16)(H,18,19)/t5-/m0/s1. The van der Waals surface area contributed by atoms with Crippen LogP contribution in [0.4, 0.5) is 8.78 Å². The summed E-state index contributed by atoms with van der Waals surface area (Å²) < 4.78 is 26.0. The molecule has 0 fully saturated rings. The molecule has 0 unspecified atom stereocenters. The predicted molar refractivity (Wildman–Crippen MR) is 55.3 cm³/mol. The summed E-state index contributed by atoms with van der Waals surface area (Å²) in [6, 6.07) is -0.909. The number of hydrogen-bond donors (Lipinski definition) is 3. The van der Waals surface area contributed by atoms with E-state index in [1.54, 1.807) is 5.32 Å². The van der Waals surface area contributed by atoms with Crippen molar-refractivity contribution in [2.45, 2.75) is 12.5 Å². The normalized spacial score (nSPS) is 11.7. The molecule has 1 aromatic heterocycles. The number of hydrogen-bond acceptors (Lipinski definition) is 4. The molecule has 0 saturated carbocycles. The molecule has 1 atom stereocenters. The molecular weight excluding hydrogens is 266 g/mol. The summed E-state index contributed by atoms with van der Waals surface area (Å²) in [6.07, 6.45) is -0.0729. The van der Waals surface area contributed by atoms with Gasteiger partial charge in [0.05, 0.1) is 12.0 Å². The minimum atomic E-state index is -1.75. The van der Waals surface area contributed by atoms with E-state index in [0.29, 0.717) is 0 Å². The van der Waals surface area contributed by atoms with Crippen LogP contribution in [-0.4, -0.2) is 39.1 Å². The molecule has 0 bridgehead atoms. The summed E-state index contributed by atoms with van der Waals surface area (Å²) in [7, 11) is 0. The van der Waals surface area contributed by atoms with Gasteiger partial charge in [0.25, 0.3) is 5.91 Å². The summed E-state index contributed by atoms with van der Waals surface area (Å²) >= 11 is 0. The lowest BCUT2D eigenvalue weighted by Crippen LogP contribution is -2.42. The molecule has 9 heteroatoms. The molecular formula is C10H8F2N2O5. The maximum absolute atomic E-state index is 13.2. The molecule has 1 amide bonds. The van der Waals surface area contributed by atoms with E-state index in [-0.39, 0.29) is 0 Å². The second kappa shape index (κ2) is 5.85. The number of nitrogens with zero attached hydrogens (tertiary/aromatic N) is 1. The summed E-state index contributed by atoms with van der Waals surface area (Å²) in [4.78, 5) is 35.6. The highest BCUT2D eigenvalue weighted by Crippen LogP contribution is 2.09. The highest BCUT2D eigenvalue weighted by molar-refractivity contribution is 5.97. The van der Waals surface area contributed by atoms with Crippen LogP contribution in [0.2, 0.25) is 0 Å². The van der Waals surface area contributed by atoms with Crippen molar-refractivity contribution in [2.75, 3.05) is 0 Å². The van der Waals surface area contributed by atoms with Gasteiger partial charge in [-0.2, -0.15) is 4.39 Å². The van der Waals surface area contributed by atoms with Gasteiger partial charge in [0.2, 0.25) is 5.95 Å². The van der Waals surface area contributed by atoms with Crippen LogP contribution in [0.5, 0.6) is 0 Å². The largest absolute Gasteiger partial charge is 0.481 e. The number of pyridine rings is 1. The van der Waals surface area contributed by atoms with Gasteiger partial charge in [-0.3, -0.25) is 9.59 Å². The summed E-state index contributed by atoms with van der Waals surface area (Å²) in [5.41, 5.74) is -0.760. The van der Waals surface area contributed by atoms with Crippen molar-refractivity contribution in [1.82, 2.24) is 10.3 Å². The first-order valence-electron chi connectivity index (χ1n) is 4.88. The van der Waals surface area contributed by atoms with Crippen molar-refractivity contribution >= 4 is 17.8 Å². The number of carbonyl (C=O) groups is 3.